The molecule has 3 amide bonds. The number of nitrogens with two attached hydrogens (primary N) is 2. The zero-order chi connectivity index (χ0) is 29.7. The molecule has 0 saturated carbocycles. The van der Waals surface area contributed by atoms with Crippen LogP contribution in [0.3, 0.4) is 0 Å². The molecule has 15 nitrogen and oxygen atoms in total. The van der Waals surface area contributed by atoms with Crippen molar-refractivity contribution in [3.8, 4) is 5.75 Å². The fraction of sp³-hybridized carbons (Fsp3) is 0.440. The fourth-order valence-electron chi connectivity index (χ4n) is 3.76. The summed E-state index contributed by atoms with van der Waals surface area (Å²) in [4.78, 5) is 68.3. The molecule has 4 atom stereocenters. The molecule has 0 bridgehead atoms. The minimum Gasteiger partial charge on any atom is -0.508 e. The molecule has 0 radical (unpaired) electrons. The van der Waals surface area contributed by atoms with Crippen LogP contribution in [0, 0.1) is 0 Å². The molecule has 4 unspecified atom stereocenters. The number of nitrogens with zero attached hydrogens (tertiary/aromatic N) is 1. The number of phenolic OH excluding ortho intramolecular Hbond substituents is 1. The Hall–Kier alpha value is -4.50. The van der Waals surface area contributed by atoms with Crippen LogP contribution in [0.5, 0.6) is 5.75 Å². The van der Waals surface area contributed by atoms with E-state index in [0.29, 0.717) is 30.6 Å². The van der Waals surface area contributed by atoms with Gasteiger partial charge in [-0.25, -0.2) is 9.78 Å². The molecule has 218 valence electrons. The van der Waals surface area contributed by atoms with Crippen LogP contribution in [0.1, 0.15) is 36.9 Å². The van der Waals surface area contributed by atoms with Crippen LogP contribution in [0.25, 0.3) is 0 Å². The molecule has 0 saturated heterocycles. The van der Waals surface area contributed by atoms with E-state index in [1.54, 1.807) is 12.1 Å². The Bertz CT molecular complexity index is 1140. The summed E-state index contributed by atoms with van der Waals surface area (Å²) in [6, 6.07) is 0.938. The van der Waals surface area contributed by atoms with Crippen molar-refractivity contribution in [3.63, 3.8) is 0 Å². The molecule has 15 heteroatoms. The molecular formula is C25H35N7O8. The second-order valence-corrected chi connectivity index (χ2v) is 9.16. The van der Waals surface area contributed by atoms with Crippen molar-refractivity contribution >= 4 is 29.7 Å². The van der Waals surface area contributed by atoms with Gasteiger partial charge >= 0.3 is 11.9 Å². The van der Waals surface area contributed by atoms with Crippen LogP contribution < -0.4 is 27.4 Å². The van der Waals surface area contributed by atoms with Crippen LogP contribution in [0.2, 0.25) is 0 Å². The number of carboxylic acid groups (broad SMARTS) is 2. The number of aromatic nitrogens is 2. The highest BCUT2D eigenvalue weighted by Crippen LogP contribution is 2.11. The summed E-state index contributed by atoms with van der Waals surface area (Å²) in [5.74, 6) is -5.21. The predicted molar refractivity (Wildman–Crippen MR) is 141 cm³/mol. The maximum Gasteiger partial charge on any atom is 0.326 e. The number of aromatic amines is 1. The summed E-state index contributed by atoms with van der Waals surface area (Å²) < 4.78 is 0. The van der Waals surface area contributed by atoms with Crippen molar-refractivity contribution in [1.82, 2.24) is 25.9 Å². The van der Waals surface area contributed by atoms with E-state index >= 15 is 0 Å². The lowest BCUT2D eigenvalue weighted by atomic mass is 10.0. The number of carboxylic acids is 2. The zero-order valence-electron chi connectivity index (χ0n) is 21.7. The van der Waals surface area contributed by atoms with Gasteiger partial charge in [0, 0.05) is 18.3 Å². The summed E-state index contributed by atoms with van der Waals surface area (Å²) in [5.41, 5.74) is 12.8. The third-order valence-corrected chi connectivity index (χ3v) is 5.91. The zero-order valence-corrected chi connectivity index (χ0v) is 21.7. The van der Waals surface area contributed by atoms with Crippen LogP contribution in [0.4, 0.5) is 0 Å². The predicted octanol–water partition coefficient (Wildman–Crippen LogP) is -1.63. The second-order valence-electron chi connectivity index (χ2n) is 9.16. The number of aromatic hydroxyl groups is 1. The van der Waals surface area contributed by atoms with Gasteiger partial charge in [0.05, 0.1) is 18.8 Å². The molecular weight excluding hydrogens is 526 g/mol. The van der Waals surface area contributed by atoms with Gasteiger partial charge in [-0.3, -0.25) is 19.2 Å². The summed E-state index contributed by atoms with van der Waals surface area (Å²) in [7, 11) is 0. The standard InChI is InChI=1S/C25H35N7O8/c26-8-2-1-3-18(23(37)32-20(25(39)40)11-21(34)35)30-24(38)19(10-15-12-28-13-29-15)31-22(36)17(27)9-14-4-6-16(33)7-5-14/h4-7,12-13,17-20,33H,1-3,8-11,26-27H2,(H,28,29)(H,30,38)(H,31,36)(H,32,37)(H,34,35)(H,39,40). The number of phenols is 1. The first-order valence-corrected chi connectivity index (χ1v) is 12.6. The molecule has 2 aromatic rings. The molecule has 0 aliphatic carbocycles. The van der Waals surface area contributed by atoms with Crippen molar-refractivity contribution in [2.75, 3.05) is 6.54 Å². The Labute approximate surface area is 229 Å². The van der Waals surface area contributed by atoms with Crippen LogP contribution in [0.15, 0.2) is 36.8 Å². The van der Waals surface area contributed by atoms with Crippen molar-refractivity contribution < 1.29 is 39.3 Å². The Balaban J connectivity index is 2.18. The third-order valence-electron chi connectivity index (χ3n) is 5.91. The van der Waals surface area contributed by atoms with E-state index in [2.05, 4.69) is 25.9 Å². The molecule has 0 aliphatic heterocycles. The number of unbranched alkanes of at least 4 members (excludes halogenated alkanes) is 1. The number of benzene rings is 1. The van der Waals surface area contributed by atoms with Crippen LogP contribution >= 0.6 is 0 Å². The first kappa shape index (κ1) is 31.7. The van der Waals surface area contributed by atoms with Gasteiger partial charge in [0.25, 0.3) is 0 Å². The van der Waals surface area contributed by atoms with Gasteiger partial charge in [0.2, 0.25) is 17.7 Å². The van der Waals surface area contributed by atoms with Gasteiger partial charge in [0.15, 0.2) is 0 Å². The summed E-state index contributed by atoms with van der Waals surface area (Å²) >= 11 is 0. The number of carbonyl (C=O) groups is 5. The molecule has 0 fully saturated rings. The van der Waals surface area contributed by atoms with E-state index in [0.717, 1.165) is 0 Å². The quantitative estimate of drug-likeness (QED) is 0.0990. The van der Waals surface area contributed by atoms with Gasteiger partial charge < -0.3 is 47.7 Å². The lowest BCUT2D eigenvalue weighted by molar-refractivity contribution is -0.147. The summed E-state index contributed by atoms with van der Waals surface area (Å²) in [5, 5.41) is 35.0. The summed E-state index contributed by atoms with van der Waals surface area (Å²) in [6.07, 6.45) is 3.07. The first-order chi connectivity index (χ1) is 19.0. The largest absolute Gasteiger partial charge is 0.508 e. The average molecular weight is 562 g/mol. The van der Waals surface area contributed by atoms with Gasteiger partial charge in [-0.2, -0.15) is 0 Å². The maximum atomic E-state index is 13.3. The summed E-state index contributed by atoms with van der Waals surface area (Å²) in [6.45, 7) is 0.316. The first-order valence-electron chi connectivity index (χ1n) is 12.6. The van der Waals surface area contributed by atoms with E-state index in [1.807, 2.05) is 0 Å². The molecule has 11 N–H and O–H groups in total. The number of nitrogens with one attached hydrogen (secondary N) is 4. The normalized spacial score (nSPS) is 13.8. The monoisotopic (exact) mass is 561 g/mol. The highest BCUT2D eigenvalue weighted by molar-refractivity contribution is 5.94. The van der Waals surface area contributed by atoms with Crippen LogP contribution in [-0.4, -0.2) is 85.7 Å². The van der Waals surface area contributed by atoms with E-state index in [-0.39, 0.29) is 25.0 Å². The van der Waals surface area contributed by atoms with Crippen molar-refractivity contribution in [3.05, 3.63) is 48.0 Å². The molecule has 1 aromatic carbocycles. The van der Waals surface area contributed by atoms with E-state index < -0.39 is 60.2 Å². The number of aliphatic carboxylic acids is 2. The number of hydrogen-bond acceptors (Lipinski definition) is 9. The fourth-order valence-corrected chi connectivity index (χ4v) is 3.76. The van der Waals surface area contributed by atoms with Gasteiger partial charge in [-0.15, -0.1) is 0 Å². The van der Waals surface area contributed by atoms with Crippen molar-refractivity contribution in [1.29, 1.82) is 0 Å². The highest BCUT2D eigenvalue weighted by Gasteiger charge is 2.31. The maximum absolute atomic E-state index is 13.3. The number of rotatable bonds is 17. The number of amides is 3. The lowest BCUT2D eigenvalue weighted by Gasteiger charge is -2.25. The topological polar surface area (TPSA) is 263 Å². The van der Waals surface area contributed by atoms with Crippen LogP contribution in [-0.2, 0) is 36.8 Å². The number of hydrogen-bond donors (Lipinski definition) is 9. The highest BCUT2D eigenvalue weighted by atomic mass is 16.4. The Morgan fingerprint density at radius 2 is 1.50 bits per heavy atom. The minimum absolute atomic E-state index is 0.0304. The minimum atomic E-state index is -1.71. The number of imidazole rings is 1. The number of H-pyrrole nitrogens is 1. The van der Waals surface area contributed by atoms with Crippen molar-refractivity contribution in [2.24, 2.45) is 11.5 Å². The third kappa shape index (κ3) is 10.7. The van der Waals surface area contributed by atoms with E-state index in [4.69, 9.17) is 16.6 Å². The van der Waals surface area contributed by atoms with Crippen molar-refractivity contribution in [2.45, 2.75) is 62.7 Å². The number of carbonyl (C=O) groups excluding carboxylic acids is 3. The molecule has 40 heavy (non-hydrogen) atoms. The average Bonchev–Trinajstić information content (AvgIpc) is 3.41. The SMILES string of the molecule is NCCCCC(NC(=O)C(Cc1cnc[nH]1)NC(=O)C(N)Cc1ccc(O)cc1)C(=O)NC(CC(=O)O)C(=O)O. The molecule has 1 heterocycles. The molecule has 1 aromatic heterocycles. The molecule has 0 aliphatic rings. The van der Waals surface area contributed by atoms with Gasteiger partial charge in [0.1, 0.15) is 23.9 Å². The Morgan fingerprint density at radius 3 is 2.08 bits per heavy atom. The second kappa shape index (κ2) is 15.8. The Kier molecular flexibility index (Phi) is 12.5. The molecule has 2 rings (SSSR count). The van der Waals surface area contributed by atoms with Gasteiger partial charge in [-0.1, -0.05) is 12.1 Å². The lowest BCUT2D eigenvalue weighted by Crippen LogP contribution is -2.58. The van der Waals surface area contributed by atoms with Gasteiger partial charge in [-0.05, 0) is 49.9 Å². The van der Waals surface area contributed by atoms with E-state index in [1.165, 1.54) is 24.7 Å². The van der Waals surface area contributed by atoms with E-state index in [9.17, 15) is 34.2 Å². The molecule has 0 spiro atoms. The Morgan fingerprint density at radius 1 is 0.875 bits per heavy atom. The smallest absolute Gasteiger partial charge is 0.326 e.